The number of nitrogens with one attached hydrogen (secondary N) is 1. The van der Waals surface area contributed by atoms with Crippen molar-refractivity contribution in [2.45, 2.75) is 6.18 Å². The number of rotatable bonds is 2. The molecule has 0 bridgehead atoms. The number of halogens is 4. The third kappa shape index (κ3) is 2.96. The Bertz CT molecular complexity index is 518. The number of hydrogen-bond donors (Lipinski definition) is 1. The van der Waals surface area contributed by atoms with Crippen LogP contribution in [-0.4, -0.2) is 24.9 Å². The first-order chi connectivity index (χ1) is 8.12. The normalized spacial score (nSPS) is 11.1. The van der Waals surface area contributed by atoms with Crippen LogP contribution in [-0.2, 0) is 4.79 Å². The van der Waals surface area contributed by atoms with Gasteiger partial charge in [-0.1, -0.05) is 5.46 Å². The molecule has 0 heterocycles. The largest absolute Gasteiger partial charge is 0.471 e. The van der Waals surface area contributed by atoms with Gasteiger partial charge in [-0.2, -0.15) is 13.2 Å². The molecule has 0 fully saturated rings. The molecule has 1 N–H and O–H groups in total. The maximum atomic E-state index is 13.0. The second-order valence-corrected chi connectivity index (χ2v) is 3.10. The molecule has 1 aromatic rings. The van der Waals surface area contributed by atoms with Gasteiger partial charge in [0.2, 0.25) is 0 Å². The summed E-state index contributed by atoms with van der Waals surface area (Å²) in [5.41, 5.74) is -2.48. The first-order valence-electron chi connectivity index (χ1n) is 4.24. The summed E-state index contributed by atoms with van der Waals surface area (Å²) < 4.78 is 48.8. The topological polar surface area (TPSA) is 72.2 Å². The third-order valence-electron chi connectivity index (χ3n) is 1.82. The lowest BCUT2D eigenvalue weighted by atomic mass is 9.94. The van der Waals surface area contributed by atoms with Gasteiger partial charge in [-0.15, -0.1) is 0 Å². The minimum absolute atomic E-state index is 0.344. The molecule has 0 saturated carbocycles. The molecule has 0 saturated heterocycles. The van der Waals surface area contributed by atoms with Crippen molar-refractivity contribution in [3.8, 4) is 0 Å². The highest BCUT2D eigenvalue weighted by Crippen LogP contribution is 2.26. The van der Waals surface area contributed by atoms with Crippen molar-refractivity contribution < 1.29 is 27.3 Å². The third-order valence-corrected chi connectivity index (χ3v) is 1.82. The van der Waals surface area contributed by atoms with E-state index in [1.165, 1.54) is 5.32 Å². The summed E-state index contributed by atoms with van der Waals surface area (Å²) in [6.45, 7) is 0. The number of nitro benzene ring substituents is 1. The Morgan fingerprint density at radius 1 is 1.39 bits per heavy atom. The van der Waals surface area contributed by atoms with Gasteiger partial charge < -0.3 is 5.32 Å². The van der Waals surface area contributed by atoms with E-state index in [1.807, 2.05) is 0 Å². The van der Waals surface area contributed by atoms with Crippen LogP contribution in [0, 0.1) is 15.9 Å². The van der Waals surface area contributed by atoms with Gasteiger partial charge in [-0.05, 0) is 0 Å². The van der Waals surface area contributed by atoms with E-state index in [1.54, 1.807) is 0 Å². The van der Waals surface area contributed by atoms with Crippen molar-refractivity contribution >= 4 is 30.6 Å². The Morgan fingerprint density at radius 2 is 1.94 bits per heavy atom. The molecule has 0 aliphatic rings. The zero-order valence-electron chi connectivity index (χ0n) is 8.42. The summed E-state index contributed by atoms with van der Waals surface area (Å²) in [6, 6.07) is 0.860. The van der Waals surface area contributed by atoms with Crippen LogP contribution in [0.2, 0.25) is 0 Å². The summed E-state index contributed by atoms with van der Waals surface area (Å²) in [4.78, 5) is 20.0. The van der Waals surface area contributed by atoms with Crippen molar-refractivity contribution in [2.24, 2.45) is 0 Å². The van der Waals surface area contributed by atoms with E-state index in [0.717, 1.165) is 0 Å². The van der Waals surface area contributed by atoms with Gasteiger partial charge in [0, 0.05) is 12.1 Å². The molecular weight excluding hydrogens is 259 g/mol. The van der Waals surface area contributed by atoms with E-state index in [-0.39, 0.29) is 0 Å². The Hall–Kier alpha value is -2.13. The smallest absolute Gasteiger partial charge is 0.312 e. The van der Waals surface area contributed by atoms with Crippen LogP contribution in [0.1, 0.15) is 0 Å². The Balaban J connectivity index is 3.20. The molecule has 0 aliphatic heterocycles. The molecule has 18 heavy (non-hydrogen) atoms. The summed E-state index contributed by atoms with van der Waals surface area (Å²) in [6.07, 6.45) is -5.24. The number of nitrogens with zero attached hydrogens (tertiary/aromatic N) is 1. The number of amides is 1. The van der Waals surface area contributed by atoms with Crippen LogP contribution in [0.3, 0.4) is 0 Å². The highest BCUT2D eigenvalue weighted by Gasteiger charge is 2.39. The van der Waals surface area contributed by atoms with Gasteiger partial charge in [0.1, 0.15) is 19.4 Å². The molecule has 1 rings (SSSR count). The predicted octanol–water partition coefficient (Wildman–Crippen LogP) is 1.03. The number of alkyl halides is 3. The van der Waals surface area contributed by atoms with E-state index < -0.39 is 39.7 Å². The Kier molecular flexibility index (Phi) is 3.58. The molecule has 0 atom stereocenters. The number of carbonyl (C=O) groups is 1. The second-order valence-electron chi connectivity index (χ2n) is 3.10. The number of hydrogen-bond acceptors (Lipinski definition) is 3. The average Bonchev–Trinajstić information content (AvgIpc) is 2.21. The number of anilines is 1. The molecule has 94 valence electrons. The van der Waals surface area contributed by atoms with Gasteiger partial charge in [0.15, 0.2) is 0 Å². The summed E-state index contributed by atoms with van der Waals surface area (Å²) >= 11 is 0. The molecule has 5 nitrogen and oxygen atoms in total. The number of benzene rings is 1. The van der Waals surface area contributed by atoms with Gasteiger partial charge in [0.25, 0.3) is 5.69 Å². The SMILES string of the molecule is [B]c1cc([N+](=O)[O-])c(NC(=O)C(F)(F)F)cc1F. The average molecular weight is 262 g/mol. The van der Waals surface area contributed by atoms with Gasteiger partial charge in [-0.25, -0.2) is 4.39 Å². The van der Waals surface area contributed by atoms with E-state index in [0.29, 0.717) is 12.1 Å². The molecular formula is C8H3BF4N2O3. The van der Waals surface area contributed by atoms with E-state index in [2.05, 4.69) is 0 Å². The fourth-order valence-electron chi connectivity index (χ4n) is 1.02. The molecule has 0 aromatic heterocycles. The fourth-order valence-corrected chi connectivity index (χ4v) is 1.02. The Labute approximate surface area is 98.3 Å². The van der Waals surface area contributed by atoms with Crippen LogP contribution >= 0.6 is 0 Å². The Morgan fingerprint density at radius 3 is 2.39 bits per heavy atom. The van der Waals surface area contributed by atoms with Crippen LogP contribution in [0.4, 0.5) is 28.9 Å². The van der Waals surface area contributed by atoms with Gasteiger partial charge in [-0.3, -0.25) is 14.9 Å². The quantitative estimate of drug-likeness (QED) is 0.374. The van der Waals surface area contributed by atoms with Crippen LogP contribution in [0.15, 0.2) is 12.1 Å². The summed E-state index contributed by atoms with van der Waals surface area (Å²) in [5.74, 6) is -3.63. The highest BCUT2D eigenvalue weighted by atomic mass is 19.4. The minimum atomic E-state index is -5.24. The van der Waals surface area contributed by atoms with Crippen LogP contribution in [0.25, 0.3) is 0 Å². The molecule has 0 spiro atoms. The summed E-state index contributed by atoms with van der Waals surface area (Å²) in [5, 5.41) is 11.7. The van der Waals surface area contributed by atoms with Crippen LogP contribution in [0.5, 0.6) is 0 Å². The van der Waals surface area contributed by atoms with Crippen molar-refractivity contribution in [1.29, 1.82) is 0 Å². The number of nitro groups is 1. The zero-order chi connectivity index (χ0) is 14.1. The van der Waals surface area contributed by atoms with E-state index >= 15 is 0 Å². The van der Waals surface area contributed by atoms with Crippen LogP contribution < -0.4 is 10.8 Å². The van der Waals surface area contributed by atoms with Crippen molar-refractivity contribution in [3.63, 3.8) is 0 Å². The first-order valence-corrected chi connectivity index (χ1v) is 4.24. The van der Waals surface area contributed by atoms with E-state index in [9.17, 15) is 32.5 Å². The lowest BCUT2D eigenvalue weighted by Gasteiger charge is -2.09. The minimum Gasteiger partial charge on any atom is -0.312 e. The van der Waals surface area contributed by atoms with Crippen molar-refractivity contribution in [3.05, 3.63) is 28.1 Å². The number of carbonyl (C=O) groups excluding carboxylic acids is 1. The lowest BCUT2D eigenvalue weighted by Crippen LogP contribution is -2.30. The molecule has 2 radical (unpaired) electrons. The maximum Gasteiger partial charge on any atom is 0.471 e. The van der Waals surface area contributed by atoms with Gasteiger partial charge in [0.05, 0.1) is 4.92 Å². The predicted molar refractivity (Wildman–Crippen MR) is 53.1 cm³/mol. The van der Waals surface area contributed by atoms with Crippen molar-refractivity contribution in [2.75, 3.05) is 5.32 Å². The van der Waals surface area contributed by atoms with Gasteiger partial charge >= 0.3 is 12.1 Å². The molecule has 0 unspecified atom stereocenters. The first kappa shape index (κ1) is 13.9. The lowest BCUT2D eigenvalue weighted by molar-refractivity contribution is -0.383. The molecule has 10 heteroatoms. The zero-order valence-corrected chi connectivity index (χ0v) is 8.42. The maximum absolute atomic E-state index is 13.0. The van der Waals surface area contributed by atoms with E-state index in [4.69, 9.17) is 7.85 Å². The standard InChI is InChI=1S/C8H3BF4N2O3/c9-3-1-6(15(17)18)5(2-4(3)10)14-7(16)8(11,12)13/h1-2H,(H,14,16). The highest BCUT2D eigenvalue weighted by molar-refractivity contribution is 6.33. The molecule has 1 aromatic carbocycles. The summed E-state index contributed by atoms with van der Waals surface area (Å²) in [7, 11) is 5.03. The molecule has 1 amide bonds. The fraction of sp³-hybridized carbons (Fsp3) is 0.125. The monoisotopic (exact) mass is 262 g/mol. The molecule has 0 aliphatic carbocycles. The second kappa shape index (κ2) is 4.63. The van der Waals surface area contributed by atoms with Crippen molar-refractivity contribution in [1.82, 2.24) is 0 Å².